The zero-order valence-corrected chi connectivity index (χ0v) is 15.5. The molecule has 0 radical (unpaired) electrons. The first-order chi connectivity index (χ1) is 13.0. The van der Waals surface area contributed by atoms with Crippen LogP contribution < -0.4 is 10.6 Å². The van der Waals surface area contributed by atoms with Crippen LogP contribution in [0, 0.1) is 6.92 Å². The van der Waals surface area contributed by atoms with Crippen molar-refractivity contribution in [1.29, 1.82) is 0 Å². The fraction of sp³-hybridized carbons (Fsp3) is 0.286. The number of nitrogens with zero attached hydrogens (tertiary/aromatic N) is 1. The minimum absolute atomic E-state index is 0.300. The van der Waals surface area contributed by atoms with E-state index in [1.807, 2.05) is 68.4 Å². The van der Waals surface area contributed by atoms with E-state index >= 15 is 0 Å². The summed E-state index contributed by atoms with van der Waals surface area (Å²) in [6, 6.07) is 16.4. The maximum atomic E-state index is 13.0. The van der Waals surface area contributed by atoms with Crippen LogP contribution in [0.3, 0.4) is 0 Å². The van der Waals surface area contributed by atoms with Crippen LogP contribution in [0.4, 0.5) is 4.79 Å². The number of aryl methyl sites for hydroxylation is 1. The van der Waals surface area contributed by atoms with Gasteiger partial charge >= 0.3 is 6.03 Å². The Morgan fingerprint density at radius 3 is 2.37 bits per heavy atom. The molecule has 1 aliphatic rings. The molecule has 6 nitrogen and oxygen atoms in total. The molecule has 0 saturated carbocycles. The van der Waals surface area contributed by atoms with Crippen molar-refractivity contribution >= 4 is 17.8 Å². The van der Waals surface area contributed by atoms with Crippen LogP contribution in [0.15, 0.2) is 54.6 Å². The van der Waals surface area contributed by atoms with Crippen LogP contribution in [0.5, 0.6) is 0 Å². The Hall–Kier alpha value is -3.15. The van der Waals surface area contributed by atoms with Crippen LogP contribution in [-0.4, -0.2) is 29.3 Å². The summed E-state index contributed by atoms with van der Waals surface area (Å²) in [4.78, 5) is 38.6. The zero-order valence-electron chi connectivity index (χ0n) is 15.5. The second kappa shape index (κ2) is 7.61. The van der Waals surface area contributed by atoms with Crippen molar-refractivity contribution in [3.8, 4) is 0 Å². The van der Waals surface area contributed by atoms with E-state index in [1.54, 1.807) is 0 Å². The fourth-order valence-electron chi connectivity index (χ4n) is 3.24. The van der Waals surface area contributed by atoms with Crippen molar-refractivity contribution in [2.75, 3.05) is 6.54 Å². The number of carbonyl (C=O) groups is 3. The lowest BCUT2D eigenvalue weighted by molar-refractivity contribution is -0.135. The standard InChI is InChI=1S/C21H23N3O3/c1-3-21(17-7-5-4-6-8-17)19(26)24(20(27)23-21)14-18(25)22-13-16-11-9-15(2)10-12-16/h4-12H,3,13-14H2,1-2H3,(H,22,25)(H,23,27)/t21-/m0/s1. The van der Waals surface area contributed by atoms with Crippen LogP contribution in [0.1, 0.15) is 30.0 Å². The quantitative estimate of drug-likeness (QED) is 0.772. The molecule has 2 N–H and O–H groups in total. The van der Waals surface area contributed by atoms with Gasteiger partial charge in [-0.15, -0.1) is 0 Å². The van der Waals surface area contributed by atoms with Crippen molar-refractivity contribution in [2.45, 2.75) is 32.4 Å². The Labute approximate surface area is 158 Å². The molecule has 2 aromatic carbocycles. The van der Waals surface area contributed by atoms with Gasteiger partial charge in [-0.1, -0.05) is 67.1 Å². The highest BCUT2D eigenvalue weighted by Crippen LogP contribution is 2.32. The number of imide groups is 1. The van der Waals surface area contributed by atoms with E-state index < -0.39 is 17.5 Å². The Kier molecular flexibility index (Phi) is 5.26. The highest BCUT2D eigenvalue weighted by Gasteiger charge is 2.51. The number of hydrogen-bond acceptors (Lipinski definition) is 3. The van der Waals surface area contributed by atoms with E-state index in [1.165, 1.54) is 0 Å². The number of nitrogens with one attached hydrogen (secondary N) is 2. The molecule has 27 heavy (non-hydrogen) atoms. The summed E-state index contributed by atoms with van der Waals surface area (Å²) in [5, 5.41) is 5.53. The molecule has 0 aromatic heterocycles. The number of benzene rings is 2. The molecular formula is C21H23N3O3. The Balaban J connectivity index is 1.68. The van der Waals surface area contributed by atoms with Crippen molar-refractivity contribution in [3.05, 3.63) is 71.3 Å². The number of rotatable bonds is 6. The molecular weight excluding hydrogens is 342 g/mol. The largest absolute Gasteiger partial charge is 0.350 e. The average Bonchev–Trinajstić information content (AvgIpc) is 2.93. The van der Waals surface area contributed by atoms with Gasteiger partial charge < -0.3 is 10.6 Å². The summed E-state index contributed by atoms with van der Waals surface area (Å²) in [7, 11) is 0. The van der Waals surface area contributed by atoms with Gasteiger partial charge in [0.1, 0.15) is 12.1 Å². The molecule has 1 fully saturated rings. The summed E-state index contributed by atoms with van der Waals surface area (Å²) >= 11 is 0. The minimum Gasteiger partial charge on any atom is -0.350 e. The van der Waals surface area contributed by atoms with Crippen LogP contribution in [0.25, 0.3) is 0 Å². The third-order valence-corrected chi connectivity index (χ3v) is 4.88. The first-order valence-electron chi connectivity index (χ1n) is 8.98. The number of amides is 4. The van der Waals surface area contributed by atoms with Gasteiger partial charge in [0.15, 0.2) is 0 Å². The topological polar surface area (TPSA) is 78.5 Å². The van der Waals surface area contributed by atoms with Crippen molar-refractivity contribution < 1.29 is 14.4 Å². The second-order valence-electron chi connectivity index (χ2n) is 6.71. The Morgan fingerprint density at radius 1 is 1.07 bits per heavy atom. The van der Waals surface area contributed by atoms with E-state index in [0.29, 0.717) is 18.5 Å². The van der Waals surface area contributed by atoms with Crippen LogP contribution >= 0.6 is 0 Å². The summed E-state index contributed by atoms with van der Waals surface area (Å²) in [5.74, 6) is -0.772. The molecule has 1 aliphatic heterocycles. The van der Waals surface area contributed by atoms with Crippen molar-refractivity contribution in [2.24, 2.45) is 0 Å². The van der Waals surface area contributed by atoms with Crippen LogP contribution in [0.2, 0.25) is 0 Å². The van der Waals surface area contributed by atoms with Crippen molar-refractivity contribution in [1.82, 2.24) is 15.5 Å². The second-order valence-corrected chi connectivity index (χ2v) is 6.71. The predicted octanol–water partition coefficient (Wildman–Crippen LogP) is 2.47. The van der Waals surface area contributed by atoms with E-state index in [4.69, 9.17) is 0 Å². The first kappa shape index (κ1) is 18.6. The monoisotopic (exact) mass is 365 g/mol. The van der Waals surface area contributed by atoms with Gasteiger partial charge in [-0.2, -0.15) is 0 Å². The smallest absolute Gasteiger partial charge is 0.325 e. The van der Waals surface area contributed by atoms with Gasteiger partial charge in [0.05, 0.1) is 0 Å². The van der Waals surface area contributed by atoms with Gasteiger partial charge in [-0.05, 0) is 24.5 Å². The van der Waals surface area contributed by atoms with Crippen molar-refractivity contribution in [3.63, 3.8) is 0 Å². The molecule has 1 atom stereocenters. The summed E-state index contributed by atoms with van der Waals surface area (Å²) in [6.45, 7) is 3.88. The molecule has 1 heterocycles. The lowest BCUT2D eigenvalue weighted by Gasteiger charge is -2.25. The molecule has 0 bridgehead atoms. The van der Waals surface area contributed by atoms with Gasteiger partial charge in [0.25, 0.3) is 5.91 Å². The zero-order chi connectivity index (χ0) is 19.4. The summed E-state index contributed by atoms with van der Waals surface area (Å²) in [6.07, 6.45) is 0.406. The lowest BCUT2D eigenvalue weighted by Crippen LogP contribution is -2.44. The molecule has 0 spiro atoms. The molecule has 0 unspecified atom stereocenters. The maximum Gasteiger partial charge on any atom is 0.325 e. The molecule has 0 aliphatic carbocycles. The summed E-state index contributed by atoms with van der Waals surface area (Å²) < 4.78 is 0. The normalized spacial score (nSPS) is 19.1. The SMILES string of the molecule is CC[C@@]1(c2ccccc2)NC(=O)N(CC(=O)NCc2ccc(C)cc2)C1=O. The first-order valence-corrected chi connectivity index (χ1v) is 8.98. The highest BCUT2D eigenvalue weighted by atomic mass is 16.2. The molecule has 1 saturated heterocycles. The molecule has 4 amide bonds. The predicted molar refractivity (Wildman–Crippen MR) is 102 cm³/mol. The maximum absolute atomic E-state index is 13.0. The van der Waals surface area contributed by atoms with E-state index in [9.17, 15) is 14.4 Å². The Bertz CT molecular complexity index is 849. The van der Waals surface area contributed by atoms with Gasteiger partial charge in [-0.25, -0.2) is 4.79 Å². The lowest BCUT2D eigenvalue weighted by atomic mass is 9.87. The van der Waals surface area contributed by atoms with Gasteiger partial charge in [0.2, 0.25) is 5.91 Å². The summed E-state index contributed by atoms with van der Waals surface area (Å²) in [5.41, 5.74) is 1.70. The Morgan fingerprint density at radius 2 is 1.74 bits per heavy atom. The number of hydrogen-bond donors (Lipinski definition) is 2. The van der Waals surface area contributed by atoms with E-state index in [2.05, 4.69) is 10.6 Å². The number of carbonyl (C=O) groups excluding carboxylic acids is 3. The van der Waals surface area contributed by atoms with E-state index in [0.717, 1.165) is 16.0 Å². The van der Waals surface area contributed by atoms with Crippen LogP contribution in [-0.2, 0) is 21.7 Å². The average molecular weight is 365 g/mol. The third-order valence-electron chi connectivity index (χ3n) is 4.88. The molecule has 6 heteroatoms. The third kappa shape index (κ3) is 3.69. The van der Waals surface area contributed by atoms with Gasteiger partial charge in [-0.3, -0.25) is 14.5 Å². The minimum atomic E-state index is -1.12. The number of urea groups is 1. The molecule has 3 rings (SSSR count). The molecule has 2 aromatic rings. The van der Waals surface area contributed by atoms with E-state index in [-0.39, 0.29) is 12.5 Å². The fourth-order valence-corrected chi connectivity index (χ4v) is 3.24. The molecule has 140 valence electrons. The highest BCUT2D eigenvalue weighted by molar-refractivity contribution is 6.09. The van der Waals surface area contributed by atoms with Gasteiger partial charge in [0, 0.05) is 6.54 Å².